The highest BCUT2D eigenvalue weighted by molar-refractivity contribution is 7.22. The van der Waals surface area contributed by atoms with Crippen LogP contribution in [0.25, 0.3) is 21.3 Å². The molecule has 4 aromatic rings. The van der Waals surface area contributed by atoms with E-state index in [9.17, 15) is 9.59 Å². The van der Waals surface area contributed by atoms with Crippen molar-refractivity contribution in [2.24, 2.45) is 0 Å². The van der Waals surface area contributed by atoms with Crippen LogP contribution in [0.15, 0.2) is 51.7 Å². The first-order valence-electron chi connectivity index (χ1n) is 8.51. The van der Waals surface area contributed by atoms with E-state index >= 15 is 0 Å². The van der Waals surface area contributed by atoms with E-state index in [1.807, 2.05) is 31.2 Å². The molecule has 0 atom stereocenters. The Balaban J connectivity index is 1.56. The van der Waals surface area contributed by atoms with E-state index in [1.54, 1.807) is 23.1 Å². The number of hydrogen-bond donors (Lipinski definition) is 0. The molecule has 0 saturated carbocycles. The van der Waals surface area contributed by atoms with Crippen LogP contribution in [-0.4, -0.2) is 22.0 Å². The molecule has 0 N–H and O–H groups in total. The van der Waals surface area contributed by atoms with Gasteiger partial charge in [-0.25, -0.2) is 9.78 Å². The first-order valence-corrected chi connectivity index (χ1v) is 9.71. The van der Waals surface area contributed by atoms with Crippen molar-refractivity contribution < 1.29 is 9.21 Å². The number of fused-ring (bicyclic) bond motifs is 2. The van der Waals surface area contributed by atoms with Crippen molar-refractivity contribution in [3.63, 3.8) is 0 Å². The van der Waals surface area contributed by atoms with E-state index in [4.69, 9.17) is 16.0 Å². The summed E-state index contributed by atoms with van der Waals surface area (Å²) in [6, 6.07) is 12.8. The normalized spacial score (nSPS) is 11.3. The third-order valence-electron chi connectivity index (χ3n) is 4.31. The maximum Gasteiger partial charge on any atom is 0.419 e. The molecule has 6 nitrogen and oxygen atoms in total. The summed E-state index contributed by atoms with van der Waals surface area (Å²) in [5.41, 5.74) is 1.91. The second-order valence-electron chi connectivity index (χ2n) is 5.98. The van der Waals surface area contributed by atoms with Crippen LogP contribution < -0.4 is 10.7 Å². The van der Waals surface area contributed by atoms with Gasteiger partial charge in [0.15, 0.2) is 10.7 Å². The molecule has 0 radical (unpaired) electrons. The molecule has 27 heavy (non-hydrogen) atoms. The van der Waals surface area contributed by atoms with E-state index in [0.29, 0.717) is 27.8 Å². The molecule has 0 spiro atoms. The third-order valence-corrected chi connectivity index (χ3v) is 5.60. The average molecular weight is 402 g/mol. The van der Waals surface area contributed by atoms with Gasteiger partial charge in [-0.1, -0.05) is 35.1 Å². The molecule has 0 aliphatic heterocycles. The molecule has 0 fully saturated rings. The van der Waals surface area contributed by atoms with Crippen LogP contribution in [0.1, 0.15) is 13.3 Å². The summed E-state index contributed by atoms with van der Waals surface area (Å²) in [6.07, 6.45) is 0.168. The summed E-state index contributed by atoms with van der Waals surface area (Å²) in [6.45, 7) is 2.65. The summed E-state index contributed by atoms with van der Waals surface area (Å²) in [7, 11) is 0. The molecule has 138 valence electrons. The number of thiazole rings is 1. The predicted octanol–water partition coefficient (Wildman–Crippen LogP) is 4.30. The third kappa shape index (κ3) is 3.36. The standard InChI is InChI=1S/C19H16ClN3O3S/c1-2-22(18-21-13-5-3-4-6-16(13)27-18)17(24)9-10-23-14-8-7-12(20)11-15(14)26-19(23)25/h3-8,11H,2,9-10H2,1H3. The van der Waals surface area contributed by atoms with Crippen molar-refractivity contribution in [2.45, 2.75) is 19.9 Å². The van der Waals surface area contributed by atoms with Gasteiger partial charge < -0.3 is 4.42 Å². The van der Waals surface area contributed by atoms with Crippen molar-refractivity contribution in [3.8, 4) is 0 Å². The summed E-state index contributed by atoms with van der Waals surface area (Å²) in [5.74, 6) is -0.588. The van der Waals surface area contributed by atoms with Crippen molar-refractivity contribution in [1.82, 2.24) is 9.55 Å². The zero-order chi connectivity index (χ0) is 19.0. The molecule has 0 saturated heterocycles. The van der Waals surface area contributed by atoms with Gasteiger partial charge in [-0.15, -0.1) is 0 Å². The number of hydrogen-bond acceptors (Lipinski definition) is 5. The summed E-state index contributed by atoms with van der Waals surface area (Å²) in [4.78, 5) is 31.1. The topological polar surface area (TPSA) is 68.3 Å². The van der Waals surface area contributed by atoms with E-state index < -0.39 is 5.76 Å². The maximum absolute atomic E-state index is 12.8. The lowest BCUT2D eigenvalue weighted by molar-refractivity contribution is -0.118. The number of oxazole rings is 1. The molecular formula is C19H16ClN3O3S. The SMILES string of the molecule is CCN(C(=O)CCn1c(=O)oc2cc(Cl)ccc21)c1nc2ccccc2s1. The lowest BCUT2D eigenvalue weighted by atomic mass is 10.3. The molecule has 8 heteroatoms. The lowest BCUT2D eigenvalue weighted by Crippen LogP contribution is -2.32. The second-order valence-corrected chi connectivity index (χ2v) is 7.43. The van der Waals surface area contributed by atoms with E-state index in [0.717, 1.165) is 10.2 Å². The number of carbonyl (C=O) groups excluding carboxylic acids is 1. The van der Waals surface area contributed by atoms with Gasteiger partial charge in [0, 0.05) is 30.6 Å². The van der Waals surface area contributed by atoms with Crippen LogP contribution in [0.5, 0.6) is 0 Å². The van der Waals surface area contributed by atoms with Gasteiger partial charge in [0.1, 0.15) is 0 Å². The van der Waals surface area contributed by atoms with E-state index in [1.165, 1.54) is 15.9 Å². The minimum Gasteiger partial charge on any atom is -0.408 e. The van der Waals surface area contributed by atoms with Crippen molar-refractivity contribution in [3.05, 3.63) is 58.0 Å². The van der Waals surface area contributed by atoms with Crippen molar-refractivity contribution in [2.75, 3.05) is 11.4 Å². The number of benzene rings is 2. The molecule has 0 unspecified atom stereocenters. The Morgan fingerprint density at radius 2 is 2.11 bits per heavy atom. The number of anilines is 1. The Morgan fingerprint density at radius 3 is 2.89 bits per heavy atom. The van der Waals surface area contributed by atoms with Crippen LogP contribution in [-0.2, 0) is 11.3 Å². The number of aromatic nitrogens is 2. The fraction of sp³-hybridized carbons (Fsp3) is 0.211. The minimum atomic E-state index is -0.497. The second kappa shape index (κ2) is 7.17. The molecule has 2 aromatic carbocycles. The molecule has 0 bridgehead atoms. The predicted molar refractivity (Wildman–Crippen MR) is 108 cm³/mol. The van der Waals surface area contributed by atoms with Gasteiger partial charge >= 0.3 is 5.76 Å². The number of para-hydroxylation sites is 1. The number of aryl methyl sites for hydroxylation is 1. The Kier molecular flexibility index (Phi) is 4.72. The first-order chi connectivity index (χ1) is 13.1. The number of rotatable bonds is 5. The average Bonchev–Trinajstić information content (AvgIpc) is 3.20. The van der Waals surface area contributed by atoms with Crippen LogP contribution in [0.3, 0.4) is 0 Å². The fourth-order valence-corrected chi connectivity index (χ4v) is 4.20. The smallest absolute Gasteiger partial charge is 0.408 e. The van der Waals surface area contributed by atoms with Crippen LogP contribution in [0.2, 0.25) is 5.02 Å². The van der Waals surface area contributed by atoms with Crippen molar-refractivity contribution in [1.29, 1.82) is 0 Å². The zero-order valence-corrected chi connectivity index (χ0v) is 16.1. The molecule has 0 aliphatic carbocycles. The summed E-state index contributed by atoms with van der Waals surface area (Å²) in [5, 5.41) is 1.16. The molecule has 4 rings (SSSR count). The number of nitrogens with zero attached hydrogens (tertiary/aromatic N) is 3. The monoisotopic (exact) mass is 401 g/mol. The Hall–Kier alpha value is -2.64. The highest BCUT2D eigenvalue weighted by Crippen LogP contribution is 2.29. The van der Waals surface area contributed by atoms with Gasteiger partial charge in [0.25, 0.3) is 0 Å². The summed E-state index contributed by atoms with van der Waals surface area (Å²) < 4.78 is 7.70. The number of carbonyl (C=O) groups is 1. The number of amides is 1. The molecule has 2 aromatic heterocycles. The minimum absolute atomic E-state index is 0.0910. The molecular weight excluding hydrogens is 386 g/mol. The highest BCUT2D eigenvalue weighted by atomic mass is 35.5. The first kappa shape index (κ1) is 17.8. The van der Waals surface area contributed by atoms with Crippen LogP contribution in [0.4, 0.5) is 5.13 Å². The molecule has 0 aliphatic rings. The number of halogens is 1. The maximum atomic E-state index is 12.8. The van der Waals surface area contributed by atoms with E-state index in [-0.39, 0.29) is 18.9 Å². The molecule has 2 heterocycles. The van der Waals surface area contributed by atoms with Gasteiger partial charge in [-0.3, -0.25) is 14.3 Å². The van der Waals surface area contributed by atoms with Gasteiger partial charge in [-0.05, 0) is 31.2 Å². The Labute approximate surface area is 163 Å². The lowest BCUT2D eigenvalue weighted by Gasteiger charge is -2.17. The largest absolute Gasteiger partial charge is 0.419 e. The van der Waals surface area contributed by atoms with E-state index in [2.05, 4.69) is 4.98 Å². The molecule has 1 amide bonds. The van der Waals surface area contributed by atoms with Gasteiger partial charge in [-0.2, -0.15) is 0 Å². The van der Waals surface area contributed by atoms with Gasteiger partial charge in [0.05, 0.1) is 15.7 Å². The van der Waals surface area contributed by atoms with Gasteiger partial charge in [0.2, 0.25) is 5.91 Å². The zero-order valence-electron chi connectivity index (χ0n) is 14.5. The quantitative estimate of drug-likeness (QED) is 0.500. The Bertz CT molecular complexity index is 1160. The van der Waals surface area contributed by atoms with Crippen LogP contribution in [0, 0.1) is 0 Å². The summed E-state index contributed by atoms with van der Waals surface area (Å²) >= 11 is 7.41. The van der Waals surface area contributed by atoms with Crippen LogP contribution >= 0.6 is 22.9 Å². The van der Waals surface area contributed by atoms with Crippen molar-refractivity contribution >= 4 is 55.3 Å². The fourth-order valence-electron chi connectivity index (χ4n) is 2.99. The Morgan fingerprint density at radius 1 is 1.30 bits per heavy atom. The highest BCUT2D eigenvalue weighted by Gasteiger charge is 2.19.